The fourth-order valence-electron chi connectivity index (χ4n) is 0. The average Bonchev–Trinajstić information content (AvgIpc) is 0.918. The smallest absolute Gasteiger partial charge is 0.229 e. The fraction of sp³-hybridized carbons (Fsp3) is 1.00. The third-order valence-corrected chi connectivity index (χ3v) is 0. The molecule has 0 fully saturated rings. The summed E-state index contributed by atoms with van der Waals surface area (Å²) in [5, 5.41) is 0. The minimum atomic E-state index is -1.75. The van der Waals surface area contributed by atoms with Crippen LogP contribution in [0.1, 0.15) is 0 Å². The Labute approximate surface area is 26.5 Å². The molecule has 0 aliphatic rings. The highest BCUT2D eigenvalue weighted by atomic mass is 19.3. The molecular formula is CH4F4. The molecule has 4 heteroatoms. The van der Waals surface area contributed by atoms with Crippen LogP contribution < -0.4 is 0 Å². The van der Waals surface area contributed by atoms with E-state index in [9.17, 15) is 8.78 Å². The number of hydrogen-bond acceptors (Lipinski definition) is 0. The zero-order valence-electron chi connectivity index (χ0n) is 2.28. The maximum atomic E-state index is 9.62. The van der Waals surface area contributed by atoms with Crippen LogP contribution in [0.15, 0.2) is 0 Å². The highest BCUT2D eigenvalue weighted by Crippen LogP contribution is 1.56. The lowest BCUT2D eigenvalue weighted by Crippen LogP contribution is -1.34. The van der Waals surface area contributed by atoms with Crippen LogP contribution >= 0.6 is 0 Å². The molecule has 0 saturated heterocycles. The molecular weight excluding hydrogens is 88.0 g/mol. The molecule has 0 unspecified atom stereocenters. The normalized spacial score (nSPS) is 3.60. The highest BCUT2D eigenvalue weighted by Gasteiger charge is 1.44. The standard InChI is InChI=1S/CH2F2.2FH/c2-1-3;;/h1H2;2*1H. The van der Waals surface area contributed by atoms with Gasteiger partial charge < -0.3 is 0 Å². The second kappa shape index (κ2) is 53.1. The Morgan fingerprint density at radius 1 is 1.00 bits per heavy atom. The van der Waals surface area contributed by atoms with Crippen LogP contribution in [0.25, 0.3) is 0 Å². The van der Waals surface area contributed by atoms with Gasteiger partial charge in [0, 0.05) is 0 Å². The molecule has 0 rings (SSSR count). The minimum absolute atomic E-state index is 0. The molecule has 0 aliphatic heterocycles. The van der Waals surface area contributed by atoms with Gasteiger partial charge in [-0.25, -0.2) is 8.78 Å². The van der Waals surface area contributed by atoms with Gasteiger partial charge in [0.25, 0.3) is 0 Å². The van der Waals surface area contributed by atoms with E-state index in [0.717, 1.165) is 0 Å². The predicted molar refractivity (Wildman–Crippen MR) is 12.1 cm³/mol. The van der Waals surface area contributed by atoms with Crippen LogP contribution in [0.2, 0.25) is 0 Å². The maximum absolute atomic E-state index is 9.62. The van der Waals surface area contributed by atoms with Crippen LogP contribution in [0, 0.1) is 0 Å². The van der Waals surface area contributed by atoms with Gasteiger partial charge in [0.15, 0.2) is 0 Å². The number of halogens is 4. The molecule has 0 bridgehead atoms. The van der Waals surface area contributed by atoms with E-state index in [1.807, 2.05) is 0 Å². The van der Waals surface area contributed by atoms with E-state index >= 15 is 0 Å². The van der Waals surface area contributed by atoms with Crippen molar-refractivity contribution in [1.29, 1.82) is 0 Å². The van der Waals surface area contributed by atoms with Gasteiger partial charge in [-0.2, -0.15) is 0 Å². The minimum Gasteiger partial charge on any atom is -0.269 e. The maximum Gasteiger partial charge on any atom is 0.229 e. The summed E-state index contributed by atoms with van der Waals surface area (Å²) in [6, 6.07) is 0. The summed E-state index contributed by atoms with van der Waals surface area (Å²) < 4.78 is 19.2. The van der Waals surface area contributed by atoms with Gasteiger partial charge in [-0.1, -0.05) is 0 Å². The predicted octanol–water partition coefficient (Wildman–Crippen LogP) is 1.19. The van der Waals surface area contributed by atoms with Crippen molar-refractivity contribution in [3.8, 4) is 0 Å². The van der Waals surface area contributed by atoms with Gasteiger partial charge in [0.1, 0.15) is 0 Å². The molecule has 0 atom stereocenters. The molecule has 0 nitrogen and oxygen atoms in total. The van der Waals surface area contributed by atoms with E-state index in [0.29, 0.717) is 0 Å². The van der Waals surface area contributed by atoms with Gasteiger partial charge in [-0.05, 0) is 0 Å². The monoisotopic (exact) mass is 92.0 g/mol. The molecule has 0 aromatic rings. The Balaban J connectivity index is -0.0000000200. The van der Waals surface area contributed by atoms with Crippen LogP contribution in [0.4, 0.5) is 18.2 Å². The highest BCUT2D eigenvalue weighted by molar-refractivity contribution is 3.57. The SMILES string of the molecule is F.F.FCF. The van der Waals surface area contributed by atoms with Crippen LogP contribution in [-0.2, 0) is 0 Å². The summed E-state index contributed by atoms with van der Waals surface area (Å²) in [6.07, 6.45) is 0. The van der Waals surface area contributed by atoms with E-state index in [4.69, 9.17) is 0 Å². The van der Waals surface area contributed by atoms with E-state index in [-0.39, 0.29) is 9.41 Å². The molecule has 0 aromatic heterocycles. The second-order valence-corrected chi connectivity index (χ2v) is 0.101. The van der Waals surface area contributed by atoms with E-state index in [1.54, 1.807) is 0 Å². The molecule has 0 heterocycles. The number of rotatable bonds is 0. The molecule has 0 amide bonds. The van der Waals surface area contributed by atoms with Gasteiger partial charge in [-0.15, -0.1) is 0 Å². The lowest BCUT2D eigenvalue weighted by Gasteiger charge is -1.42. The van der Waals surface area contributed by atoms with Crippen molar-refractivity contribution in [2.24, 2.45) is 0 Å². The zero-order valence-corrected chi connectivity index (χ0v) is 2.28. The van der Waals surface area contributed by atoms with Crippen molar-refractivity contribution >= 4 is 0 Å². The van der Waals surface area contributed by atoms with Crippen molar-refractivity contribution in [3.05, 3.63) is 0 Å². The summed E-state index contributed by atoms with van der Waals surface area (Å²) in [7, 11) is 0. The Bertz CT molecular complexity index is 3.61. The third-order valence-electron chi connectivity index (χ3n) is 0. The molecule has 0 saturated carbocycles. The largest absolute Gasteiger partial charge is 0.269 e. The topological polar surface area (TPSA) is 0 Å². The molecule has 0 N–H and O–H groups in total. The lowest BCUT2D eigenvalue weighted by atomic mass is 11.7. The zero-order chi connectivity index (χ0) is 2.71. The molecule has 0 aromatic carbocycles. The van der Waals surface area contributed by atoms with Crippen LogP contribution in [-0.4, -0.2) is 6.93 Å². The Hall–Kier alpha value is -0.280. The number of hydrogen-bond donors (Lipinski definition) is 0. The molecule has 5 heavy (non-hydrogen) atoms. The first-order valence-corrected chi connectivity index (χ1v) is 0.535. The quantitative estimate of drug-likeness (QED) is 0.393. The fourth-order valence-corrected chi connectivity index (χ4v) is 0. The summed E-state index contributed by atoms with van der Waals surface area (Å²) in [5.74, 6) is 0. The summed E-state index contributed by atoms with van der Waals surface area (Å²) in [4.78, 5) is 0. The molecule has 36 valence electrons. The summed E-state index contributed by atoms with van der Waals surface area (Å²) in [5.41, 5.74) is 0. The van der Waals surface area contributed by atoms with Crippen molar-refractivity contribution in [2.75, 3.05) is 6.93 Å². The van der Waals surface area contributed by atoms with Crippen molar-refractivity contribution in [1.82, 2.24) is 0 Å². The molecule has 0 radical (unpaired) electrons. The third kappa shape index (κ3) is 140. The van der Waals surface area contributed by atoms with Crippen molar-refractivity contribution < 1.29 is 18.2 Å². The average molecular weight is 92.0 g/mol. The second-order valence-electron chi connectivity index (χ2n) is 0.101. The van der Waals surface area contributed by atoms with Crippen molar-refractivity contribution in [3.63, 3.8) is 0 Å². The van der Waals surface area contributed by atoms with Gasteiger partial charge in [0.05, 0.1) is 0 Å². The van der Waals surface area contributed by atoms with Gasteiger partial charge >= 0.3 is 0 Å². The van der Waals surface area contributed by atoms with Gasteiger partial charge in [-0.3, -0.25) is 9.41 Å². The van der Waals surface area contributed by atoms with E-state index in [1.165, 1.54) is 0 Å². The van der Waals surface area contributed by atoms with E-state index in [2.05, 4.69) is 0 Å². The van der Waals surface area contributed by atoms with Crippen LogP contribution in [0.3, 0.4) is 0 Å². The lowest BCUT2D eigenvalue weighted by molar-refractivity contribution is 0.295. The Morgan fingerprint density at radius 2 is 1.00 bits per heavy atom. The van der Waals surface area contributed by atoms with Gasteiger partial charge in [0.2, 0.25) is 6.93 Å². The summed E-state index contributed by atoms with van der Waals surface area (Å²) >= 11 is 0. The first-order chi connectivity index (χ1) is 1.41. The molecule has 0 spiro atoms. The summed E-state index contributed by atoms with van der Waals surface area (Å²) in [6.45, 7) is -1.75. The first-order valence-electron chi connectivity index (χ1n) is 0.535. The Morgan fingerprint density at radius 3 is 1.00 bits per heavy atom. The molecule has 0 aliphatic carbocycles. The van der Waals surface area contributed by atoms with Crippen molar-refractivity contribution in [2.45, 2.75) is 0 Å². The van der Waals surface area contributed by atoms with Crippen LogP contribution in [0.5, 0.6) is 0 Å². The number of alkyl halides is 2. The Kier molecular flexibility index (Phi) is 234. The van der Waals surface area contributed by atoms with E-state index < -0.39 is 6.93 Å². The first kappa shape index (κ1) is 22.1.